The molecule has 5 heteroatoms. The predicted octanol–water partition coefficient (Wildman–Crippen LogP) is 1.99. The molecule has 1 aromatic carbocycles. The molecule has 1 aromatic heterocycles. The molecule has 0 unspecified atom stereocenters. The van der Waals surface area contributed by atoms with Gasteiger partial charge in [-0.2, -0.15) is 0 Å². The van der Waals surface area contributed by atoms with Crippen LogP contribution in [0.1, 0.15) is 12.2 Å². The number of benzene rings is 1. The number of hydrogen-bond donors (Lipinski definition) is 1. The van der Waals surface area contributed by atoms with E-state index in [0.717, 1.165) is 11.4 Å². The number of carbonyl (C=O) groups is 2. The number of furan rings is 1. The van der Waals surface area contributed by atoms with Crippen LogP contribution in [-0.2, 0) is 16.0 Å². The van der Waals surface area contributed by atoms with E-state index in [0.29, 0.717) is 25.9 Å². The second-order valence-corrected chi connectivity index (χ2v) is 5.29. The summed E-state index contributed by atoms with van der Waals surface area (Å²) in [7, 11) is 0. The summed E-state index contributed by atoms with van der Waals surface area (Å²) in [6.07, 6.45) is 2.79. The molecule has 1 aliphatic heterocycles. The molecule has 1 atom stereocenters. The van der Waals surface area contributed by atoms with Crippen LogP contribution in [0.25, 0.3) is 0 Å². The number of para-hydroxylation sites is 1. The first kappa shape index (κ1) is 14.4. The quantitative estimate of drug-likeness (QED) is 0.859. The lowest BCUT2D eigenvalue weighted by molar-refractivity contribution is -0.132. The van der Waals surface area contributed by atoms with E-state index < -0.39 is 5.92 Å². The second-order valence-electron chi connectivity index (χ2n) is 5.29. The molecule has 3 rings (SSSR count). The maximum absolute atomic E-state index is 12.4. The van der Waals surface area contributed by atoms with E-state index in [-0.39, 0.29) is 11.8 Å². The Labute approximate surface area is 128 Å². The van der Waals surface area contributed by atoms with Crippen molar-refractivity contribution in [3.05, 3.63) is 54.5 Å². The minimum Gasteiger partial charge on any atom is -0.469 e. The average molecular weight is 298 g/mol. The highest BCUT2D eigenvalue weighted by molar-refractivity contribution is 6.09. The van der Waals surface area contributed by atoms with Crippen molar-refractivity contribution in [2.75, 3.05) is 18.0 Å². The van der Waals surface area contributed by atoms with Crippen molar-refractivity contribution >= 4 is 17.5 Å². The van der Waals surface area contributed by atoms with Gasteiger partial charge in [0.05, 0.1) is 6.26 Å². The fourth-order valence-electron chi connectivity index (χ4n) is 2.67. The number of anilines is 1. The van der Waals surface area contributed by atoms with Gasteiger partial charge in [0.15, 0.2) is 0 Å². The lowest BCUT2D eigenvalue weighted by Crippen LogP contribution is -2.37. The van der Waals surface area contributed by atoms with Crippen molar-refractivity contribution in [1.82, 2.24) is 5.32 Å². The maximum atomic E-state index is 12.4. The number of rotatable bonds is 5. The summed E-state index contributed by atoms with van der Waals surface area (Å²) in [6.45, 7) is 1.06. The standard InChI is InChI=1S/C17H18N2O3/c20-16(18-10-8-14-7-4-12-22-14)15-9-11-19(17(15)21)13-5-2-1-3-6-13/h1-7,12,15H,8-11H2,(H,18,20)/t15-/m0/s1. The molecule has 0 radical (unpaired) electrons. The van der Waals surface area contributed by atoms with Crippen LogP contribution in [0.4, 0.5) is 5.69 Å². The third kappa shape index (κ3) is 3.03. The molecule has 5 nitrogen and oxygen atoms in total. The Kier molecular flexibility index (Phi) is 4.23. The zero-order chi connectivity index (χ0) is 15.4. The molecule has 1 fully saturated rings. The fourth-order valence-corrected chi connectivity index (χ4v) is 2.67. The van der Waals surface area contributed by atoms with Crippen LogP contribution in [-0.4, -0.2) is 24.9 Å². The summed E-state index contributed by atoms with van der Waals surface area (Å²) in [5.74, 6) is -0.0857. The van der Waals surface area contributed by atoms with E-state index in [1.807, 2.05) is 42.5 Å². The van der Waals surface area contributed by atoms with Gasteiger partial charge in [0.1, 0.15) is 11.7 Å². The van der Waals surface area contributed by atoms with Crippen LogP contribution >= 0.6 is 0 Å². The van der Waals surface area contributed by atoms with E-state index in [4.69, 9.17) is 4.42 Å². The van der Waals surface area contributed by atoms with Crippen LogP contribution in [0.5, 0.6) is 0 Å². The molecule has 2 aromatic rings. The van der Waals surface area contributed by atoms with Gasteiger partial charge < -0.3 is 14.6 Å². The summed E-state index contributed by atoms with van der Waals surface area (Å²) >= 11 is 0. The molecule has 1 N–H and O–H groups in total. The van der Waals surface area contributed by atoms with Crippen LogP contribution in [0.2, 0.25) is 0 Å². The molecule has 1 aliphatic rings. The van der Waals surface area contributed by atoms with Crippen LogP contribution in [0.3, 0.4) is 0 Å². The van der Waals surface area contributed by atoms with Gasteiger partial charge in [-0.25, -0.2) is 0 Å². The molecule has 1 saturated heterocycles. The summed E-state index contributed by atoms with van der Waals surface area (Å²) in [6, 6.07) is 13.1. The highest BCUT2D eigenvalue weighted by Gasteiger charge is 2.37. The molecule has 22 heavy (non-hydrogen) atoms. The first-order valence-electron chi connectivity index (χ1n) is 7.42. The van der Waals surface area contributed by atoms with Gasteiger partial charge in [-0.1, -0.05) is 18.2 Å². The Morgan fingerprint density at radius 3 is 2.77 bits per heavy atom. The average Bonchev–Trinajstić information content (AvgIpc) is 3.18. The first-order valence-corrected chi connectivity index (χ1v) is 7.42. The van der Waals surface area contributed by atoms with E-state index in [2.05, 4.69) is 5.32 Å². The number of hydrogen-bond acceptors (Lipinski definition) is 3. The lowest BCUT2D eigenvalue weighted by Gasteiger charge is -2.16. The number of amides is 2. The Morgan fingerprint density at radius 2 is 2.05 bits per heavy atom. The molecule has 0 spiro atoms. The van der Waals surface area contributed by atoms with Gasteiger partial charge in [0, 0.05) is 25.2 Å². The van der Waals surface area contributed by atoms with Crippen molar-refractivity contribution in [2.45, 2.75) is 12.8 Å². The molecule has 2 heterocycles. The van der Waals surface area contributed by atoms with E-state index in [1.165, 1.54) is 0 Å². The molecule has 0 aliphatic carbocycles. The largest absolute Gasteiger partial charge is 0.469 e. The fraction of sp³-hybridized carbons (Fsp3) is 0.294. The molecular weight excluding hydrogens is 280 g/mol. The summed E-state index contributed by atoms with van der Waals surface area (Å²) in [5, 5.41) is 2.82. The Hall–Kier alpha value is -2.56. The van der Waals surface area contributed by atoms with Crippen molar-refractivity contribution in [2.24, 2.45) is 5.92 Å². The maximum Gasteiger partial charge on any atom is 0.239 e. The van der Waals surface area contributed by atoms with E-state index in [1.54, 1.807) is 11.2 Å². The normalized spacial score (nSPS) is 17.7. The van der Waals surface area contributed by atoms with Crippen LogP contribution in [0.15, 0.2) is 53.1 Å². The third-order valence-electron chi connectivity index (χ3n) is 3.84. The highest BCUT2D eigenvalue weighted by Crippen LogP contribution is 2.24. The van der Waals surface area contributed by atoms with Crippen molar-refractivity contribution in [3.63, 3.8) is 0 Å². The van der Waals surface area contributed by atoms with Gasteiger partial charge in [-0.3, -0.25) is 9.59 Å². The smallest absolute Gasteiger partial charge is 0.239 e. The molecule has 0 saturated carbocycles. The van der Waals surface area contributed by atoms with Crippen molar-refractivity contribution < 1.29 is 14.0 Å². The monoisotopic (exact) mass is 298 g/mol. The van der Waals surface area contributed by atoms with Crippen LogP contribution < -0.4 is 10.2 Å². The van der Waals surface area contributed by atoms with Gasteiger partial charge in [0.2, 0.25) is 11.8 Å². The third-order valence-corrected chi connectivity index (χ3v) is 3.84. The second kappa shape index (κ2) is 6.47. The van der Waals surface area contributed by atoms with Crippen molar-refractivity contribution in [1.29, 1.82) is 0 Å². The Morgan fingerprint density at radius 1 is 1.23 bits per heavy atom. The topological polar surface area (TPSA) is 62.6 Å². The SMILES string of the molecule is O=C(NCCc1ccco1)[C@@H]1CCN(c2ccccc2)C1=O. The van der Waals surface area contributed by atoms with Gasteiger partial charge in [-0.05, 0) is 30.7 Å². The van der Waals surface area contributed by atoms with Crippen molar-refractivity contribution in [3.8, 4) is 0 Å². The highest BCUT2D eigenvalue weighted by atomic mass is 16.3. The van der Waals surface area contributed by atoms with Gasteiger partial charge in [0.25, 0.3) is 0 Å². The van der Waals surface area contributed by atoms with E-state index >= 15 is 0 Å². The lowest BCUT2D eigenvalue weighted by atomic mass is 10.1. The summed E-state index contributed by atoms with van der Waals surface area (Å²) in [5.41, 5.74) is 0.846. The molecule has 2 amide bonds. The van der Waals surface area contributed by atoms with Gasteiger partial charge >= 0.3 is 0 Å². The van der Waals surface area contributed by atoms with Gasteiger partial charge in [-0.15, -0.1) is 0 Å². The first-order chi connectivity index (χ1) is 10.8. The number of nitrogens with one attached hydrogen (secondary N) is 1. The Balaban J connectivity index is 1.54. The molecule has 0 bridgehead atoms. The zero-order valence-corrected chi connectivity index (χ0v) is 12.2. The minimum absolute atomic E-state index is 0.123. The molecular formula is C17H18N2O3. The number of nitrogens with zero attached hydrogens (tertiary/aromatic N) is 1. The van der Waals surface area contributed by atoms with Crippen LogP contribution in [0, 0.1) is 5.92 Å². The predicted molar refractivity (Wildman–Crippen MR) is 82.3 cm³/mol. The van der Waals surface area contributed by atoms with E-state index in [9.17, 15) is 9.59 Å². The zero-order valence-electron chi connectivity index (χ0n) is 12.2. The number of carbonyl (C=O) groups excluding carboxylic acids is 2. The molecule has 114 valence electrons. The Bertz CT molecular complexity index is 637. The summed E-state index contributed by atoms with van der Waals surface area (Å²) in [4.78, 5) is 26.2. The minimum atomic E-state index is -0.586. The summed E-state index contributed by atoms with van der Waals surface area (Å²) < 4.78 is 5.21.